The van der Waals surface area contributed by atoms with Crippen LogP contribution in [0.15, 0.2) is 48.7 Å². The van der Waals surface area contributed by atoms with Crippen LogP contribution in [-0.4, -0.2) is 21.0 Å². The average molecular weight is 304 g/mol. The van der Waals surface area contributed by atoms with Crippen molar-refractivity contribution in [3.63, 3.8) is 0 Å². The third kappa shape index (κ3) is 2.19. The summed E-state index contributed by atoms with van der Waals surface area (Å²) in [6, 6.07) is 13.5. The van der Waals surface area contributed by atoms with Crippen LogP contribution < -0.4 is 0 Å². The van der Waals surface area contributed by atoms with Crippen molar-refractivity contribution in [2.24, 2.45) is 0 Å². The van der Waals surface area contributed by atoms with Gasteiger partial charge in [0.25, 0.3) is 0 Å². The molecule has 2 aromatic heterocycles. The first-order valence-electron chi connectivity index (χ1n) is 7.53. The molecule has 0 saturated heterocycles. The van der Waals surface area contributed by atoms with Gasteiger partial charge in [-0.1, -0.05) is 24.3 Å². The van der Waals surface area contributed by atoms with Crippen molar-refractivity contribution < 1.29 is 9.90 Å². The number of benzene rings is 2. The zero-order valence-electron chi connectivity index (χ0n) is 12.7. The third-order valence-corrected chi connectivity index (χ3v) is 4.41. The average Bonchev–Trinajstić information content (AvgIpc) is 3.09. The number of carboxylic acids is 1. The van der Waals surface area contributed by atoms with Gasteiger partial charge >= 0.3 is 5.97 Å². The van der Waals surface area contributed by atoms with Crippen LogP contribution in [0.25, 0.3) is 21.8 Å². The van der Waals surface area contributed by atoms with Gasteiger partial charge in [0.15, 0.2) is 0 Å². The first-order chi connectivity index (χ1) is 11.1. The van der Waals surface area contributed by atoms with Gasteiger partial charge in [0.1, 0.15) is 0 Å². The highest BCUT2D eigenvalue weighted by atomic mass is 16.4. The third-order valence-electron chi connectivity index (χ3n) is 4.41. The molecule has 0 spiro atoms. The second-order valence-corrected chi connectivity index (χ2v) is 5.83. The molecule has 0 atom stereocenters. The van der Waals surface area contributed by atoms with Gasteiger partial charge in [0.2, 0.25) is 0 Å². The van der Waals surface area contributed by atoms with Crippen molar-refractivity contribution >= 4 is 27.8 Å². The summed E-state index contributed by atoms with van der Waals surface area (Å²) in [4.78, 5) is 17.7. The fourth-order valence-electron chi connectivity index (χ4n) is 3.22. The highest BCUT2D eigenvalue weighted by Crippen LogP contribution is 2.28. The molecule has 0 aliphatic carbocycles. The lowest BCUT2D eigenvalue weighted by Crippen LogP contribution is -1.95. The second kappa shape index (κ2) is 5.02. The van der Waals surface area contributed by atoms with Gasteiger partial charge in [-0.3, -0.25) is 0 Å². The van der Waals surface area contributed by atoms with Crippen molar-refractivity contribution in [1.29, 1.82) is 0 Å². The molecule has 0 radical (unpaired) electrons. The lowest BCUT2D eigenvalue weighted by atomic mass is 10.0. The SMILES string of the molecule is Cc1[nH]c2cc(C(=O)O)ccc2c1Cc1c[nH]c2ccccc12. The minimum absolute atomic E-state index is 0.303. The predicted octanol–water partition coefficient (Wildman–Crippen LogP) is 4.25. The summed E-state index contributed by atoms with van der Waals surface area (Å²) in [5, 5.41) is 11.4. The van der Waals surface area contributed by atoms with Crippen LogP contribution in [0.4, 0.5) is 0 Å². The molecule has 2 aromatic carbocycles. The van der Waals surface area contributed by atoms with Crippen LogP contribution in [0.2, 0.25) is 0 Å². The van der Waals surface area contributed by atoms with E-state index < -0.39 is 5.97 Å². The summed E-state index contributed by atoms with van der Waals surface area (Å²) >= 11 is 0. The molecule has 0 bridgehead atoms. The standard InChI is InChI=1S/C19H16N2O2/c1-11-16(8-13-10-20-17-5-3-2-4-14(13)17)15-7-6-12(19(22)23)9-18(15)21-11/h2-7,9-10,20-21H,8H2,1H3,(H,22,23). The van der Waals surface area contributed by atoms with Gasteiger partial charge in [-0.2, -0.15) is 0 Å². The summed E-state index contributed by atoms with van der Waals surface area (Å²) in [6.07, 6.45) is 2.86. The topological polar surface area (TPSA) is 68.9 Å². The van der Waals surface area contributed by atoms with Gasteiger partial charge in [-0.15, -0.1) is 0 Å². The van der Waals surface area contributed by atoms with E-state index in [9.17, 15) is 4.79 Å². The number of H-pyrrole nitrogens is 2. The van der Waals surface area contributed by atoms with Gasteiger partial charge in [0, 0.05) is 40.1 Å². The Hall–Kier alpha value is -3.01. The number of hydrogen-bond acceptors (Lipinski definition) is 1. The fraction of sp³-hybridized carbons (Fsp3) is 0.105. The summed E-state index contributed by atoms with van der Waals surface area (Å²) in [5.41, 5.74) is 5.84. The molecule has 2 heterocycles. The maximum absolute atomic E-state index is 11.1. The summed E-state index contributed by atoms with van der Waals surface area (Å²) in [5.74, 6) is -0.905. The first kappa shape index (κ1) is 13.6. The zero-order chi connectivity index (χ0) is 16.0. The van der Waals surface area contributed by atoms with Crippen molar-refractivity contribution in [2.45, 2.75) is 13.3 Å². The molecule has 0 amide bonds. The Morgan fingerprint density at radius 3 is 2.74 bits per heavy atom. The number of hydrogen-bond donors (Lipinski definition) is 3. The van der Waals surface area contributed by atoms with Gasteiger partial charge in [-0.25, -0.2) is 4.79 Å². The summed E-state index contributed by atoms with van der Waals surface area (Å²) in [7, 11) is 0. The monoisotopic (exact) mass is 304 g/mol. The normalized spacial score (nSPS) is 11.3. The highest BCUT2D eigenvalue weighted by Gasteiger charge is 2.13. The largest absolute Gasteiger partial charge is 0.478 e. The molecule has 0 fully saturated rings. The van der Waals surface area contributed by atoms with E-state index in [0.717, 1.165) is 28.5 Å². The zero-order valence-corrected chi connectivity index (χ0v) is 12.7. The highest BCUT2D eigenvalue weighted by molar-refractivity contribution is 5.95. The molecule has 0 saturated carbocycles. The van der Waals surface area contributed by atoms with Crippen LogP contribution in [0.1, 0.15) is 27.2 Å². The van der Waals surface area contributed by atoms with E-state index in [-0.39, 0.29) is 0 Å². The predicted molar refractivity (Wildman–Crippen MR) is 91.1 cm³/mol. The number of aromatic amines is 2. The van der Waals surface area contributed by atoms with Crippen LogP contribution in [-0.2, 0) is 6.42 Å². The summed E-state index contributed by atoms with van der Waals surface area (Å²) < 4.78 is 0. The van der Waals surface area contributed by atoms with Gasteiger partial charge < -0.3 is 15.1 Å². The van der Waals surface area contributed by atoms with Gasteiger partial charge in [0.05, 0.1) is 5.56 Å². The Bertz CT molecular complexity index is 1040. The molecule has 114 valence electrons. The molecule has 0 aliphatic heterocycles. The lowest BCUT2D eigenvalue weighted by Gasteiger charge is -2.02. The van der Waals surface area contributed by atoms with E-state index in [1.807, 2.05) is 25.1 Å². The van der Waals surface area contributed by atoms with Crippen molar-refractivity contribution in [3.8, 4) is 0 Å². The Labute approximate surface area is 132 Å². The van der Waals surface area contributed by atoms with E-state index >= 15 is 0 Å². The van der Waals surface area contributed by atoms with E-state index in [4.69, 9.17) is 5.11 Å². The fourth-order valence-corrected chi connectivity index (χ4v) is 3.22. The van der Waals surface area contributed by atoms with Crippen molar-refractivity contribution in [2.75, 3.05) is 0 Å². The molecule has 0 unspecified atom stereocenters. The van der Waals surface area contributed by atoms with Crippen LogP contribution in [0, 0.1) is 6.92 Å². The minimum Gasteiger partial charge on any atom is -0.478 e. The molecule has 4 heteroatoms. The molecule has 4 aromatic rings. The van der Waals surface area contributed by atoms with E-state index in [2.05, 4.69) is 28.3 Å². The Morgan fingerprint density at radius 2 is 1.91 bits per heavy atom. The maximum Gasteiger partial charge on any atom is 0.335 e. The van der Waals surface area contributed by atoms with E-state index in [0.29, 0.717) is 5.56 Å². The van der Waals surface area contributed by atoms with E-state index in [1.165, 1.54) is 16.5 Å². The first-order valence-corrected chi connectivity index (χ1v) is 7.53. The molecule has 4 rings (SSSR count). The number of aromatic carboxylic acids is 1. The minimum atomic E-state index is -0.905. The number of carboxylic acid groups (broad SMARTS) is 1. The number of nitrogens with one attached hydrogen (secondary N) is 2. The van der Waals surface area contributed by atoms with E-state index in [1.54, 1.807) is 12.1 Å². The smallest absolute Gasteiger partial charge is 0.335 e. The summed E-state index contributed by atoms with van der Waals surface area (Å²) in [6.45, 7) is 2.03. The number of aryl methyl sites for hydroxylation is 1. The van der Waals surface area contributed by atoms with Crippen molar-refractivity contribution in [1.82, 2.24) is 9.97 Å². The number of fused-ring (bicyclic) bond motifs is 2. The number of para-hydroxylation sites is 1. The van der Waals surface area contributed by atoms with Crippen LogP contribution in [0.3, 0.4) is 0 Å². The molecular formula is C19H16N2O2. The lowest BCUT2D eigenvalue weighted by molar-refractivity contribution is 0.0697. The van der Waals surface area contributed by atoms with Crippen molar-refractivity contribution in [3.05, 3.63) is 71.0 Å². The van der Waals surface area contributed by atoms with Crippen LogP contribution in [0.5, 0.6) is 0 Å². The molecule has 3 N–H and O–H groups in total. The second-order valence-electron chi connectivity index (χ2n) is 5.83. The molecular weight excluding hydrogens is 288 g/mol. The Balaban J connectivity index is 1.82. The Morgan fingerprint density at radius 1 is 1.09 bits per heavy atom. The number of carbonyl (C=O) groups is 1. The number of rotatable bonds is 3. The quantitative estimate of drug-likeness (QED) is 0.529. The maximum atomic E-state index is 11.1. The Kier molecular flexibility index (Phi) is 2.98. The number of aromatic nitrogens is 2. The molecule has 4 nitrogen and oxygen atoms in total. The van der Waals surface area contributed by atoms with Crippen LogP contribution >= 0.6 is 0 Å². The molecule has 23 heavy (non-hydrogen) atoms. The van der Waals surface area contributed by atoms with Gasteiger partial charge in [-0.05, 0) is 36.2 Å². The molecule has 0 aliphatic rings.